The molecule has 1 aromatic carbocycles. The van der Waals surface area contributed by atoms with Gasteiger partial charge in [0.15, 0.2) is 0 Å². The molecule has 2 aromatic rings. The minimum atomic E-state index is -0.306. The molecular weight excluding hydrogens is 235 g/mol. The quantitative estimate of drug-likeness (QED) is 0.900. The van der Waals surface area contributed by atoms with Crippen LogP contribution in [0.3, 0.4) is 0 Å². The molecule has 0 fully saturated rings. The molecule has 4 nitrogen and oxygen atoms in total. The number of carbonyl (C=O) groups excluding carboxylic acids is 1. The van der Waals surface area contributed by atoms with Crippen LogP contribution in [0.5, 0.6) is 0 Å². The first kappa shape index (κ1) is 12.3. The highest BCUT2D eigenvalue weighted by Gasteiger charge is 2.06. The lowest BCUT2D eigenvalue weighted by molar-refractivity contribution is -0.120. The second-order valence-electron chi connectivity index (χ2n) is 3.99. The van der Waals surface area contributed by atoms with Crippen LogP contribution < -0.4 is 5.32 Å². The van der Waals surface area contributed by atoms with Crippen LogP contribution in [0, 0.1) is 12.7 Å². The molecule has 1 heterocycles. The van der Waals surface area contributed by atoms with Crippen LogP contribution in [-0.2, 0) is 17.8 Å². The smallest absolute Gasteiger partial charge is 0.224 e. The first-order chi connectivity index (χ1) is 8.65. The molecule has 0 atom stereocenters. The fourth-order valence-corrected chi connectivity index (χ4v) is 1.53. The van der Waals surface area contributed by atoms with E-state index in [1.54, 1.807) is 25.3 Å². The maximum Gasteiger partial charge on any atom is 0.224 e. The van der Waals surface area contributed by atoms with E-state index in [-0.39, 0.29) is 18.1 Å². The number of hydrogen-bond donors (Lipinski definition) is 1. The summed E-state index contributed by atoms with van der Waals surface area (Å²) in [6.07, 6.45) is 1.80. The SMILES string of the molecule is Cc1oncc1CNC(=O)Cc1ccc(F)cc1. The van der Waals surface area contributed by atoms with Crippen molar-refractivity contribution in [3.63, 3.8) is 0 Å². The fourth-order valence-electron chi connectivity index (χ4n) is 1.53. The van der Waals surface area contributed by atoms with Gasteiger partial charge < -0.3 is 9.84 Å². The number of nitrogens with zero attached hydrogens (tertiary/aromatic N) is 1. The van der Waals surface area contributed by atoms with E-state index in [1.807, 2.05) is 0 Å². The first-order valence-electron chi connectivity index (χ1n) is 5.56. The molecule has 0 spiro atoms. The Morgan fingerprint density at radius 2 is 2.11 bits per heavy atom. The highest BCUT2D eigenvalue weighted by molar-refractivity contribution is 5.78. The van der Waals surface area contributed by atoms with Crippen LogP contribution in [0.15, 0.2) is 35.0 Å². The number of amides is 1. The largest absolute Gasteiger partial charge is 0.361 e. The first-order valence-corrected chi connectivity index (χ1v) is 5.56. The predicted octanol–water partition coefficient (Wildman–Crippen LogP) is 1.98. The Morgan fingerprint density at radius 3 is 2.72 bits per heavy atom. The van der Waals surface area contributed by atoms with Crippen molar-refractivity contribution in [2.45, 2.75) is 19.9 Å². The summed E-state index contributed by atoms with van der Waals surface area (Å²) >= 11 is 0. The maximum atomic E-state index is 12.7. The Morgan fingerprint density at radius 1 is 1.39 bits per heavy atom. The van der Waals surface area contributed by atoms with Crippen molar-refractivity contribution < 1.29 is 13.7 Å². The van der Waals surface area contributed by atoms with Crippen LogP contribution >= 0.6 is 0 Å². The van der Waals surface area contributed by atoms with Gasteiger partial charge in [0, 0.05) is 12.1 Å². The van der Waals surface area contributed by atoms with Gasteiger partial charge in [-0.15, -0.1) is 0 Å². The molecule has 0 saturated heterocycles. The summed E-state index contributed by atoms with van der Waals surface area (Å²) in [4.78, 5) is 11.6. The van der Waals surface area contributed by atoms with E-state index >= 15 is 0 Å². The second-order valence-corrected chi connectivity index (χ2v) is 3.99. The van der Waals surface area contributed by atoms with Crippen LogP contribution in [0.2, 0.25) is 0 Å². The summed E-state index contributed by atoms with van der Waals surface area (Å²) in [7, 11) is 0. The van der Waals surface area contributed by atoms with Gasteiger partial charge in [-0.25, -0.2) is 4.39 Å². The van der Waals surface area contributed by atoms with Crippen LogP contribution in [-0.4, -0.2) is 11.1 Å². The number of aromatic nitrogens is 1. The molecular formula is C13H13FN2O2. The summed E-state index contributed by atoms with van der Waals surface area (Å²) < 4.78 is 17.6. The molecule has 18 heavy (non-hydrogen) atoms. The Bertz CT molecular complexity index is 534. The second kappa shape index (κ2) is 5.44. The summed E-state index contributed by atoms with van der Waals surface area (Å²) in [6, 6.07) is 5.87. The number of aryl methyl sites for hydroxylation is 1. The van der Waals surface area contributed by atoms with Gasteiger partial charge in [0.2, 0.25) is 5.91 Å². The number of benzene rings is 1. The van der Waals surface area contributed by atoms with Crippen molar-refractivity contribution in [1.82, 2.24) is 10.5 Å². The van der Waals surface area contributed by atoms with Gasteiger partial charge in [0.05, 0.1) is 12.6 Å². The standard InChI is InChI=1S/C13H13FN2O2/c1-9-11(8-16-18-9)7-15-13(17)6-10-2-4-12(14)5-3-10/h2-5,8H,6-7H2,1H3,(H,15,17). The molecule has 0 aliphatic rings. The Kier molecular flexibility index (Phi) is 3.72. The van der Waals surface area contributed by atoms with Gasteiger partial charge in [0.1, 0.15) is 11.6 Å². The topological polar surface area (TPSA) is 55.1 Å². The number of carbonyl (C=O) groups is 1. The molecule has 0 aliphatic carbocycles. The fraction of sp³-hybridized carbons (Fsp3) is 0.231. The van der Waals surface area contributed by atoms with E-state index in [4.69, 9.17) is 4.52 Å². The summed E-state index contributed by atoms with van der Waals surface area (Å²) in [5.41, 5.74) is 1.62. The van der Waals surface area contributed by atoms with E-state index in [0.717, 1.165) is 11.1 Å². The molecule has 1 aromatic heterocycles. The molecule has 0 unspecified atom stereocenters. The molecule has 2 rings (SSSR count). The Balaban J connectivity index is 1.86. The molecule has 0 saturated carbocycles. The lowest BCUT2D eigenvalue weighted by atomic mass is 10.1. The van der Waals surface area contributed by atoms with Crippen molar-refractivity contribution in [1.29, 1.82) is 0 Å². The predicted molar refractivity (Wildman–Crippen MR) is 63.2 cm³/mol. The lowest BCUT2D eigenvalue weighted by Gasteiger charge is -2.04. The van der Waals surface area contributed by atoms with Crippen molar-refractivity contribution in [3.8, 4) is 0 Å². The minimum Gasteiger partial charge on any atom is -0.361 e. The normalized spacial score (nSPS) is 10.3. The Labute approximate surface area is 104 Å². The molecule has 0 aliphatic heterocycles. The third-order valence-corrected chi connectivity index (χ3v) is 2.60. The minimum absolute atomic E-state index is 0.123. The zero-order valence-corrected chi connectivity index (χ0v) is 9.94. The van der Waals surface area contributed by atoms with E-state index in [9.17, 15) is 9.18 Å². The van der Waals surface area contributed by atoms with Crippen molar-refractivity contribution >= 4 is 5.91 Å². The molecule has 1 N–H and O–H groups in total. The molecule has 0 radical (unpaired) electrons. The third-order valence-electron chi connectivity index (χ3n) is 2.60. The summed E-state index contributed by atoms with van der Waals surface area (Å²) in [5, 5.41) is 6.38. The molecule has 1 amide bonds. The number of nitrogens with one attached hydrogen (secondary N) is 1. The van der Waals surface area contributed by atoms with E-state index in [1.165, 1.54) is 12.1 Å². The average Bonchev–Trinajstić information content (AvgIpc) is 2.75. The number of hydrogen-bond acceptors (Lipinski definition) is 3. The summed E-state index contributed by atoms with van der Waals surface area (Å²) in [6.45, 7) is 2.17. The maximum absolute atomic E-state index is 12.7. The highest BCUT2D eigenvalue weighted by Crippen LogP contribution is 2.06. The Hall–Kier alpha value is -2.17. The van der Waals surface area contributed by atoms with Crippen LogP contribution in [0.4, 0.5) is 4.39 Å². The number of halogens is 1. The molecule has 0 bridgehead atoms. The van der Waals surface area contributed by atoms with Gasteiger partial charge in [-0.1, -0.05) is 17.3 Å². The van der Waals surface area contributed by atoms with Crippen molar-refractivity contribution in [2.24, 2.45) is 0 Å². The highest BCUT2D eigenvalue weighted by atomic mass is 19.1. The van der Waals surface area contributed by atoms with Crippen LogP contribution in [0.25, 0.3) is 0 Å². The molecule has 5 heteroatoms. The van der Waals surface area contributed by atoms with Gasteiger partial charge in [-0.2, -0.15) is 0 Å². The van der Waals surface area contributed by atoms with E-state index in [0.29, 0.717) is 12.3 Å². The number of rotatable bonds is 4. The van der Waals surface area contributed by atoms with Gasteiger partial charge in [0.25, 0.3) is 0 Å². The van der Waals surface area contributed by atoms with E-state index < -0.39 is 0 Å². The summed E-state index contributed by atoms with van der Waals surface area (Å²) in [5.74, 6) is 0.263. The van der Waals surface area contributed by atoms with Gasteiger partial charge >= 0.3 is 0 Å². The van der Waals surface area contributed by atoms with E-state index in [2.05, 4.69) is 10.5 Å². The van der Waals surface area contributed by atoms with Gasteiger partial charge in [-0.3, -0.25) is 4.79 Å². The van der Waals surface area contributed by atoms with Crippen LogP contribution in [0.1, 0.15) is 16.9 Å². The monoisotopic (exact) mass is 248 g/mol. The molecule has 94 valence electrons. The van der Waals surface area contributed by atoms with Crippen molar-refractivity contribution in [3.05, 3.63) is 53.2 Å². The zero-order chi connectivity index (χ0) is 13.0. The third kappa shape index (κ3) is 3.16. The zero-order valence-electron chi connectivity index (χ0n) is 9.94. The van der Waals surface area contributed by atoms with Gasteiger partial charge in [-0.05, 0) is 24.6 Å². The van der Waals surface area contributed by atoms with Crippen molar-refractivity contribution in [2.75, 3.05) is 0 Å². The average molecular weight is 248 g/mol. The lowest BCUT2D eigenvalue weighted by Crippen LogP contribution is -2.24.